The van der Waals surface area contributed by atoms with Crippen molar-refractivity contribution < 1.29 is 24.0 Å². The van der Waals surface area contributed by atoms with Gasteiger partial charge < -0.3 is 26.8 Å². The van der Waals surface area contributed by atoms with Gasteiger partial charge in [-0.15, -0.1) is 0 Å². The summed E-state index contributed by atoms with van der Waals surface area (Å²) < 4.78 is 5.47. The van der Waals surface area contributed by atoms with Gasteiger partial charge in [-0.2, -0.15) is 0 Å². The lowest BCUT2D eigenvalue weighted by Crippen LogP contribution is -2.36. The van der Waals surface area contributed by atoms with E-state index in [-0.39, 0.29) is 53.7 Å². The largest absolute Gasteiger partial charge is 0.478 e. The Labute approximate surface area is 240 Å². The number of hydrogen-bond acceptors (Lipinski definition) is 11. The summed E-state index contributed by atoms with van der Waals surface area (Å²) in [6.07, 6.45) is 0. The van der Waals surface area contributed by atoms with Crippen LogP contribution in [0.3, 0.4) is 0 Å². The number of nitrogens with one attached hydrogen (secondary N) is 3. The molecule has 15 nitrogen and oxygen atoms in total. The molecule has 0 radical (unpaired) electrons. The van der Waals surface area contributed by atoms with E-state index < -0.39 is 34.4 Å². The van der Waals surface area contributed by atoms with Gasteiger partial charge in [0.15, 0.2) is 0 Å². The molecule has 6 N–H and O–H groups in total. The fourth-order valence-corrected chi connectivity index (χ4v) is 4.38. The second-order valence-corrected chi connectivity index (χ2v) is 9.55. The number of nitrogen functional groups attached to an aromatic ring is 1. The second-order valence-electron chi connectivity index (χ2n) is 9.55. The molecule has 15 heteroatoms. The van der Waals surface area contributed by atoms with Crippen LogP contribution < -0.4 is 38.3 Å². The molecule has 0 aliphatic carbocycles. The number of aromatic nitrogens is 3. The molecule has 3 aromatic carbocycles. The van der Waals surface area contributed by atoms with Crippen molar-refractivity contribution in [2.75, 3.05) is 11.1 Å². The molecule has 5 rings (SSSR count). The van der Waals surface area contributed by atoms with Crippen molar-refractivity contribution in [2.24, 2.45) is 0 Å². The standard InChI is InChI=1S/C28H23N7O8/c1-13-7-16(5-6-17(13)26(40)41)12-31-24(38)18-9-19(35-27(33-18)34-43-28(35)42)25(39)32-11-15-4-2-3-14(8-15)10-30-21-20(29)22(36)23(21)37/h2-9,30H,10-12,29H2,1H3,(H,31,38)(H,32,39)(H,40,41). The van der Waals surface area contributed by atoms with Gasteiger partial charge in [-0.3, -0.25) is 23.7 Å². The van der Waals surface area contributed by atoms with Crippen molar-refractivity contribution in [3.05, 3.63) is 119 Å². The fourth-order valence-electron chi connectivity index (χ4n) is 4.38. The number of carbonyl (C=O) groups excluding carboxylic acids is 2. The lowest BCUT2D eigenvalue weighted by molar-refractivity contribution is 0.0695. The highest BCUT2D eigenvalue weighted by atomic mass is 16.5. The number of nitrogens with zero attached hydrogens (tertiary/aromatic N) is 3. The maximum Gasteiger partial charge on any atom is 0.448 e. The van der Waals surface area contributed by atoms with Crippen molar-refractivity contribution in [3.63, 3.8) is 0 Å². The monoisotopic (exact) mass is 585 g/mol. The van der Waals surface area contributed by atoms with Crippen LogP contribution in [0.5, 0.6) is 0 Å². The van der Waals surface area contributed by atoms with Crippen molar-refractivity contribution in [1.29, 1.82) is 0 Å². The molecule has 0 bridgehead atoms. The van der Waals surface area contributed by atoms with Gasteiger partial charge in [-0.1, -0.05) is 36.4 Å². The molecule has 2 amide bonds. The van der Waals surface area contributed by atoms with E-state index in [1.165, 1.54) is 6.07 Å². The van der Waals surface area contributed by atoms with Gasteiger partial charge >= 0.3 is 11.7 Å². The number of anilines is 2. The number of benzene rings is 2. The number of aromatic carboxylic acids is 1. The molecule has 0 saturated carbocycles. The minimum atomic E-state index is -1.06. The predicted octanol–water partition coefficient (Wildman–Crippen LogP) is 0.339. The van der Waals surface area contributed by atoms with E-state index in [0.29, 0.717) is 16.7 Å². The number of carboxylic acids is 1. The Kier molecular flexibility index (Phi) is 7.53. The van der Waals surface area contributed by atoms with Crippen LogP contribution in [-0.4, -0.2) is 37.4 Å². The maximum atomic E-state index is 13.2. The lowest BCUT2D eigenvalue weighted by atomic mass is 10.1. The van der Waals surface area contributed by atoms with Crippen LogP contribution in [-0.2, 0) is 19.6 Å². The van der Waals surface area contributed by atoms with E-state index in [1.807, 2.05) is 0 Å². The van der Waals surface area contributed by atoms with E-state index in [2.05, 4.69) is 30.6 Å². The number of rotatable bonds is 10. The summed E-state index contributed by atoms with van der Waals surface area (Å²) in [4.78, 5) is 76.5. The molecule has 0 aliphatic heterocycles. The highest BCUT2D eigenvalue weighted by Gasteiger charge is 2.21. The van der Waals surface area contributed by atoms with Gasteiger partial charge in [-0.25, -0.2) is 19.0 Å². The topological polar surface area (TPSA) is 228 Å². The zero-order valence-corrected chi connectivity index (χ0v) is 22.5. The van der Waals surface area contributed by atoms with Crippen molar-refractivity contribution in [1.82, 2.24) is 25.2 Å². The minimum Gasteiger partial charge on any atom is -0.478 e. The smallest absolute Gasteiger partial charge is 0.448 e. The van der Waals surface area contributed by atoms with E-state index in [0.717, 1.165) is 16.0 Å². The quantitative estimate of drug-likeness (QED) is 0.140. The molecule has 218 valence electrons. The molecule has 2 heterocycles. The van der Waals surface area contributed by atoms with Crippen LogP contribution in [0, 0.1) is 6.92 Å². The van der Waals surface area contributed by atoms with Gasteiger partial charge in [0.05, 0.1) is 5.56 Å². The molecule has 0 fully saturated rings. The third kappa shape index (κ3) is 5.72. The summed E-state index contributed by atoms with van der Waals surface area (Å²) in [5.41, 5.74) is 6.37. The molecule has 0 spiro atoms. The van der Waals surface area contributed by atoms with E-state index >= 15 is 0 Å². The van der Waals surface area contributed by atoms with Crippen LogP contribution in [0.4, 0.5) is 11.4 Å². The van der Waals surface area contributed by atoms with Crippen LogP contribution in [0.2, 0.25) is 0 Å². The van der Waals surface area contributed by atoms with Crippen LogP contribution in [0.25, 0.3) is 5.78 Å². The average molecular weight is 586 g/mol. The second kappa shape index (κ2) is 11.4. The van der Waals surface area contributed by atoms with Gasteiger partial charge in [0.25, 0.3) is 28.4 Å². The molecule has 5 aromatic rings. The Hall–Kier alpha value is -6.12. The number of carboxylic acid groups (broad SMARTS) is 1. The van der Waals surface area contributed by atoms with Crippen LogP contribution in [0.15, 0.2) is 67.4 Å². The Morgan fingerprint density at radius 1 is 0.907 bits per heavy atom. The van der Waals surface area contributed by atoms with E-state index in [4.69, 9.17) is 5.73 Å². The molecule has 2 aromatic heterocycles. The molecule has 0 unspecified atom stereocenters. The molecular formula is C28H23N7O8. The summed E-state index contributed by atoms with van der Waals surface area (Å²) in [6, 6.07) is 12.8. The Morgan fingerprint density at radius 3 is 2.26 bits per heavy atom. The summed E-state index contributed by atoms with van der Waals surface area (Å²) in [6.45, 7) is 1.92. The number of fused-ring (bicyclic) bond motifs is 1. The highest BCUT2D eigenvalue weighted by Crippen LogP contribution is 2.14. The molecular weight excluding hydrogens is 562 g/mol. The van der Waals surface area contributed by atoms with Crippen LogP contribution in [0.1, 0.15) is 53.6 Å². The number of carbonyl (C=O) groups is 3. The SMILES string of the molecule is Cc1cc(CNC(=O)c2cc(C(=O)NCc3cccc(CNc4c(N)c(=O)c4=O)c3)n3c(=O)onc3n2)ccc1C(=O)O. The zero-order chi connectivity index (χ0) is 30.8. The lowest BCUT2D eigenvalue weighted by Gasteiger charge is -2.12. The van der Waals surface area contributed by atoms with Crippen molar-refractivity contribution >= 4 is 34.9 Å². The third-order valence-corrected chi connectivity index (χ3v) is 6.62. The molecule has 43 heavy (non-hydrogen) atoms. The first kappa shape index (κ1) is 28.4. The number of aryl methyl sites for hydroxylation is 1. The zero-order valence-electron chi connectivity index (χ0n) is 22.5. The minimum absolute atomic E-state index is 0.0337. The first-order valence-corrected chi connectivity index (χ1v) is 12.7. The van der Waals surface area contributed by atoms with E-state index in [9.17, 15) is 33.9 Å². The van der Waals surface area contributed by atoms with Crippen molar-refractivity contribution in [2.45, 2.75) is 26.6 Å². The van der Waals surface area contributed by atoms with Gasteiger partial charge in [0.1, 0.15) is 22.8 Å². The molecule has 0 aliphatic rings. The summed E-state index contributed by atoms with van der Waals surface area (Å²) in [7, 11) is 0. The summed E-state index contributed by atoms with van der Waals surface area (Å²) in [5.74, 6) is -3.72. The number of hydrogen-bond donors (Lipinski definition) is 5. The van der Waals surface area contributed by atoms with Gasteiger partial charge in [0, 0.05) is 19.6 Å². The molecule has 0 saturated heterocycles. The van der Waals surface area contributed by atoms with Gasteiger partial charge in [0.2, 0.25) is 0 Å². The third-order valence-electron chi connectivity index (χ3n) is 6.62. The maximum absolute atomic E-state index is 13.2. The van der Waals surface area contributed by atoms with E-state index in [1.54, 1.807) is 43.3 Å². The normalized spacial score (nSPS) is 11.0. The first-order chi connectivity index (χ1) is 20.5. The van der Waals surface area contributed by atoms with Crippen LogP contribution >= 0.6 is 0 Å². The fraction of sp³-hybridized carbons (Fsp3) is 0.143. The van der Waals surface area contributed by atoms with Crippen molar-refractivity contribution in [3.8, 4) is 0 Å². The summed E-state index contributed by atoms with van der Waals surface area (Å²) in [5, 5.41) is 20.9. The van der Waals surface area contributed by atoms with Gasteiger partial charge in [-0.05, 0) is 46.5 Å². The Bertz CT molecular complexity index is 2050. The highest BCUT2D eigenvalue weighted by molar-refractivity contribution is 5.98. The Balaban J connectivity index is 1.28. The molecule has 0 atom stereocenters. The number of nitrogens with two attached hydrogens (primary N) is 1. The summed E-state index contributed by atoms with van der Waals surface area (Å²) >= 11 is 0. The number of amides is 2. The average Bonchev–Trinajstić information content (AvgIpc) is 3.38. The first-order valence-electron chi connectivity index (χ1n) is 12.7. The predicted molar refractivity (Wildman–Crippen MR) is 152 cm³/mol. The Morgan fingerprint density at radius 2 is 1.58 bits per heavy atom.